The third kappa shape index (κ3) is 3.66. The molecule has 1 N–H and O–H groups in total. The van der Waals surface area contributed by atoms with Crippen LogP contribution in [0.3, 0.4) is 0 Å². The zero-order valence-corrected chi connectivity index (χ0v) is 17.2. The summed E-state index contributed by atoms with van der Waals surface area (Å²) in [4.78, 5) is 39.3. The van der Waals surface area contributed by atoms with Gasteiger partial charge in [-0.25, -0.2) is 4.79 Å². The molecule has 0 aliphatic carbocycles. The number of methoxy groups -OCH3 is 2. The molecule has 1 unspecified atom stereocenters. The number of amides is 1. The third-order valence-electron chi connectivity index (χ3n) is 4.95. The summed E-state index contributed by atoms with van der Waals surface area (Å²) in [6.45, 7) is 3.41. The van der Waals surface area contributed by atoms with Gasteiger partial charge in [-0.2, -0.15) is 0 Å². The largest absolute Gasteiger partial charge is 0.503 e. The minimum atomic E-state index is -0.865. The van der Waals surface area contributed by atoms with Gasteiger partial charge in [-0.05, 0) is 35.9 Å². The van der Waals surface area contributed by atoms with Gasteiger partial charge in [0.25, 0.3) is 5.91 Å². The summed E-state index contributed by atoms with van der Waals surface area (Å²) >= 11 is 0. The second-order valence-corrected chi connectivity index (χ2v) is 7.18. The highest BCUT2D eigenvalue weighted by atomic mass is 16.5. The van der Waals surface area contributed by atoms with E-state index in [1.54, 1.807) is 56.3 Å². The second-order valence-electron chi connectivity index (χ2n) is 7.18. The normalized spacial score (nSPS) is 16.2. The van der Waals surface area contributed by atoms with Crippen molar-refractivity contribution in [3.8, 4) is 5.75 Å². The Morgan fingerprint density at radius 2 is 1.77 bits per heavy atom. The van der Waals surface area contributed by atoms with E-state index in [1.165, 1.54) is 25.2 Å². The molecule has 0 saturated carbocycles. The van der Waals surface area contributed by atoms with Gasteiger partial charge in [0, 0.05) is 11.6 Å². The molecule has 0 aromatic heterocycles. The number of Topliss-reactive ketones (excluding diaryl/α,β-unsaturated/α-hetero) is 1. The Labute approximate surface area is 174 Å². The summed E-state index contributed by atoms with van der Waals surface area (Å²) in [6, 6.07) is 12.4. The van der Waals surface area contributed by atoms with Gasteiger partial charge >= 0.3 is 5.97 Å². The number of aliphatic hydroxyl groups is 1. The van der Waals surface area contributed by atoms with Gasteiger partial charge in [0.1, 0.15) is 5.75 Å². The fourth-order valence-electron chi connectivity index (χ4n) is 3.46. The first kappa shape index (κ1) is 21.1. The molecule has 2 aromatic rings. The average Bonchev–Trinajstić information content (AvgIpc) is 3.03. The van der Waals surface area contributed by atoms with Crippen molar-refractivity contribution < 1.29 is 29.0 Å². The van der Waals surface area contributed by atoms with E-state index in [1.807, 2.05) is 0 Å². The number of carbonyl (C=O) groups is 3. The lowest BCUT2D eigenvalue weighted by molar-refractivity contribution is -0.119. The Kier molecular flexibility index (Phi) is 5.91. The monoisotopic (exact) mass is 409 g/mol. The zero-order valence-electron chi connectivity index (χ0n) is 17.2. The Morgan fingerprint density at radius 3 is 2.40 bits per heavy atom. The number of ether oxygens (including phenoxy) is 2. The Balaban J connectivity index is 2.20. The fourth-order valence-corrected chi connectivity index (χ4v) is 3.46. The smallest absolute Gasteiger partial charge is 0.337 e. The number of benzene rings is 2. The van der Waals surface area contributed by atoms with Crippen molar-refractivity contribution in [3.05, 3.63) is 71.0 Å². The standard InChI is InChI=1S/C23H23NO6/c1-13(2)20(25)18-19(14-7-6-10-17(12-14)29-3)24(22(27)21(18)26)16-9-5-8-15(11-16)23(28)30-4/h5-13,19,26H,1-4H3. The predicted octanol–water partition coefficient (Wildman–Crippen LogP) is 3.61. The van der Waals surface area contributed by atoms with Crippen LogP contribution in [0.2, 0.25) is 0 Å². The number of aliphatic hydroxyl groups excluding tert-OH is 1. The number of hydrogen-bond acceptors (Lipinski definition) is 6. The lowest BCUT2D eigenvalue weighted by Crippen LogP contribution is -2.31. The van der Waals surface area contributed by atoms with Crippen molar-refractivity contribution >= 4 is 23.3 Å². The molecule has 1 aliphatic heterocycles. The molecule has 30 heavy (non-hydrogen) atoms. The van der Waals surface area contributed by atoms with Gasteiger partial charge in [0.2, 0.25) is 0 Å². The third-order valence-corrected chi connectivity index (χ3v) is 4.95. The predicted molar refractivity (Wildman–Crippen MR) is 111 cm³/mol. The second kappa shape index (κ2) is 8.41. The molecule has 1 atom stereocenters. The van der Waals surface area contributed by atoms with Crippen molar-refractivity contribution in [1.82, 2.24) is 0 Å². The van der Waals surface area contributed by atoms with Gasteiger partial charge in [-0.3, -0.25) is 14.5 Å². The highest BCUT2D eigenvalue weighted by Gasteiger charge is 2.45. The van der Waals surface area contributed by atoms with E-state index in [0.717, 1.165) is 0 Å². The molecule has 0 fully saturated rings. The van der Waals surface area contributed by atoms with Gasteiger partial charge < -0.3 is 14.6 Å². The fraction of sp³-hybridized carbons (Fsp3) is 0.261. The van der Waals surface area contributed by atoms with Crippen LogP contribution in [-0.2, 0) is 14.3 Å². The number of ketones is 1. The lowest BCUT2D eigenvalue weighted by atomic mass is 9.91. The summed E-state index contributed by atoms with van der Waals surface area (Å²) in [5.74, 6) is -2.08. The number of hydrogen-bond donors (Lipinski definition) is 1. The summed E-state index contributed by atoms with van der Waals surface area (Å²) in [7, 11) is 2.78. The first-order valence-corrected chi connectivity index (χ1v) is 9.43. The molecule has 3 rings (SSSR count). The van der Waals surface area contributed by atoms with Crippen LogP contribution in [0, 0.1) is 5.92 Å². The van der Waals surface area contributed by atoms with Crippen molar-refractivity contribution in [2.75, 3.05) is 19.1 Å². The summed E-state index contributed by atoms with van der Waals surface area (Å²) in [5, 5.41) is 10.6. The SMILES string of the molecule is COC(=O)c1cccc(N2C(=O)C(O)=C(C(=O)C(C)C)C2c2cccc(OC)c2)c1. The molecule has 1 amide bonds. The van der Waals surface area contributed by atoms with Gasteiger partial charge in [-0.15, -0.1) is 0 Å². The number of anilines is 1. The maximum atomic E-state index is 13.1. The first-order chi connectivity index (χ1) is 14.3. The van der Waals surface area contributed by atoms with Gasteiger partial charge in [0.15, 0.2) is 11.5 Å². The summed E-state index contributed by atoms with van der Waals surface area (Å²) in [5.41, 5.74) is 1.22. The van der Waals surface area contributed by atoms with E-state index in [9.17, 15) is 19.5 Å². The Morgan fingerprint density at radius 1 is 1.07 bits per heavy atom. The average molecular weight is 409 g/mol. The highest BCUT2D eigenvalue weighted by molar-refractivity contribution is 6.17. The van der Waals surface area contributed by atoms with Crippen LogP contribution >= 0.6 is 0 Å². The van der Waals surface area contributed by atoms with Crippen LogP contribution in [0.25, 0.3) is 0 Å². The summed E-state index contributed by atoms with van der Waals surface area (Å²) in [6.07, 6.45) is 0. The first-order valence-electron chi connectivity index (χ1n) is 9.43. The van der Waals surface area contributed by atoms with Crippen molar-refractivity contribution in [2.45, 2.75) is 19.9 Å². The van der Waals surface area contributed by atoms with E-state index in [-0.39, 0.29) is 16.9 Å². The lowest BCUT2D eigenvalue weighted by Gasteiger charge is -2.28. The number of esters is 1. The van der Waals surface area contributed by atoms with Crippen LogP contribution in [0.5, 0.6) is 5.75 Å². The minimum absolute atomic E-state index is 0.0201. The number of carbonyl (C=O) groups excluding carboxylic acids is 3. The van der Waals surface area contributed by atoms with E-state index in [0.29, 0.717) is 17.0 Å². The van der Waals surface area contributed by atoms with Crippen LogP contribution in [-0.4, -0.2) is 37.0 Å². The Hall–Kier alpha value is -3.61. The number of rotatable bonds is 6. The molecule has 1 heterocycles. The molecular weight excluding hydrogens is 386 g/mol. The van der Waals surface area contributed by atoms with Crippen LogP contribution in [0.4, 0.5) is 5.69 Å². The van der Waals surface area contributed by atoms with Crippen LogP contribution in [0.1, 0.15) is 35.8 Å². The Bertz CT molecular complexity index is 1040. The molecule has 0 spiro atoms. The van der Waals surface area contributed by atoms with Crippen LogP contribution in [0.15, 0.2) is 59.9 Å². The van der Waals surface area contributed by atoms with Crippen LogP contribution < -0.4 is 9.64 Å². The molecule has 0 bridgehead atoms. The van der Waals surface area contributed by atoms with Crippen molar-refractivity contribution in [1.29, 1.82) is 0 Å². The molecule has 7 heteroatoms. The summed E-state index contributed by atoms with van der Waals surface area (Å²) < 4.78 is 10.1. The maximum absolute atomic E-state index is 13.1. The van der Waals surface area contributed by atoms with Gasteiger partial charge in [0.05, 0.1) is 31.4 Å². The van der Waals surface area contributed by atoms with E-state index in [4.69, 9.17) is 9.47 Å². The highest BCUT2D eigenvalue weighted by Crippen LogP contribution is 2.42. The quantitative estimate of drug-likeness (QED) is 0.733. The topological polar surface area (TPSA) is 93.1 Å². The zero-order chi connectivity index (χ0) is 22.0. The van der Waals surface area contributed by atoms with E-state index < -0.39 is 29.6 Å². The van der Waals surface area contributed by atoms with Crippen molar-refractivity contribution in [2.24, 2.45) is 5.92 Å². The molecule has 0 radical (unpaired) electrons. The van der Waals surface area contributed by atoms with Crippen molar-refractivity contribution in [3.63, 3.8) is 0 Å². The minimum Gasteiger partial charge on any atom is -0.503 e. The molecule has 156 valence electrons. The molecular formula is C23H23NO6. The maximum Gasteiger partial charge on any atom is 0.337 e. The van der Waals surface area contributed by atoms with Gasteiger partial charge in [-0.1, -0.05) is 32.0 Å². The number of nitrogens with zero attached hydrogens (tertiary/aromatic N) is 1. The molecule has 1 aliphatic rings. The van der Waals surface area contributed by atoms with E-state index >= 15 is 0 Å². The molecule has 7 nitrogen and oxygen atoms in total. The molecule has 2 aromatic carbocycles. The van der Waals surface area contributed by atoms with E-state index in [2.05, 4.69) is 0 Å². The molecule has 0 saturated heterocycles.